The van der Waals surface area contributed by atoms with E-state index < -0.39 is 28.9 Å². The van der Waals surface area contributed by atoms with E-state index in [1.807, 2.05) is 0 Å². The third kappa shape index (κ3) is 6.59. The van der Waals surface area contributed by atoms with Crippen molar-refractivity contribution in [2.24, 2.45) is 5.73 Å². The molecule has 1 unspecified atom stereocenters. The number of nitrogens with zero attached hydrogens (tertiary/aromatic N) is 1. The number of aromatic nitrogens is 1. The second-order valence-electron chi connectivity index (χ2n) is 5.67. The number of carbonyl (C=O) groups is 1. The highest BCUT2D eigenvalue weighted by molar-refractivity contribution is 7.79. The molecular weight excluding hydrogens is 399 g/mol. The lowest BCUT2D eigenvalue weighted by Gasteiger charge is -2.12. The topological polar surface area (TPSA) is 115 Å². The lowest BCUT2D eigenvalue weighted by Crippen LogP contribution is -2.25. The zero-order valence-electron chi connectivity index (χ0n) is 14.5. The number of nitrogens with two attached hydrogens (primary N) is 1. The Hall–Kier alpha value is -2.50. The summed E-state index contributed by atoms with van der Waals surface area (Å²) in [4.78, 5) is 15.5. The Balaban J connectivity index is 2.12. The maximum atomic E-state index is 12.9. The van der Waals surface area contributed by atoms with Crippen LogP contribution in [0, 0.1) is 0 Å². The Morgan fingerprint density at radius 2 is 2.04 bits per heavy atom. The van der Waals surface area contributed by atoms with E-state index in [0.717, 1.165) is 6.07 Å². The number of ether oxygens (including phenoxy) is 1. The molecule has 0 fully saturated rings. The lowest BCUT2D eigenvalue weighted by molar-refractivity contribution is -0.141. The molecule has 0 saturated heterocycles. The van der Waals surface area contributed by atoms with Crippen LogP contribution in [0.25, 0.3) is 0 Å². The van der Waals surface area contributed by atoms with Gasteiger partial charge in [-0.25, -0.2) is 9.19 Å². The van der Waals surface area contributed by atoms with Crippen molar-refractivity contribution in [1.82, 2.24) is 10.3 Å². The van der Waals surface area contributed by atoms with Gasteiger partial charge in [0.1, 0.15) is 11.4 Å². The number of carbonyl (C=O) groups excluding carboxylic acids is 1. The van der Waals surface area contributed by atoms with E-state index in [-0.39, 0.29) is 41.6 Å². The molecule has 11 heteroatoms. The summed E-state index contributed by atoms with van der Waals surface area (Å²) in [7, 11) is 0. The SMILES string of the molecule is NCc1cc(Oc2cccc(C(=O)NCCCS(=O)O)c2)nc(C(F)(F)F)c1. The fourth-order valence-corrected chi connectivity index (χ4v) is 2.59. The predicted octanol–water partition coefficient (Wildman–Crippen LogP) is 2.69. The molecule has 0 aliphatic heterocycles. The van der Waals surface area contributed by atoms with Crippen LogP contribution in [0.3, 0.4) is 0 Å². The van der Waals surface area contributed by atoms with Crippen molar-refractivity contribution in [3.63, 3.8) is 0 Å². The van der Waals surface area contributed by atoms with Crippen LogP contribution in [0.5, 0.6) is 11.6 Å². The molecular formula is C17H18F3N3O4S. The molecule has 1 aromatic carbocycles. The van der Waals surface area contributed by atoms with Crippen LogP contribution in [0.15, 0.2) is 36.4 Å². The summed E-state index contributed by atoms with van der Waals surface area (Å²) in [6.07, 6.45) is -4.33. The fourth-order valence-electron chi connectivity index (χ4n) is 2.20. The average molecular weight is 417 g/mol. The van der Waals surface area contributed by atoms with Gasteiger partial charge in [0.2, 0.25) is 5.88 Å². The van der Waals surface area contributed by atoms with Gasteiger partial charge in [0, 0.05) is 24.7 Å². The first-order valence-electron chi connectivity index (χ1n) is 8.11. The largest absolute Gasteiger partial charge is 0.439 e. The number of pyridine rings is 1. The van der Waals surface area contributed by atoms with Gasteiger partial charge < -0.3 is 20.3 Å². The van der Waals surface area contributed by atoms with Gasteiger partial charge in [0.15, 0.2) is 11.1 Å². The molecule has 0 saturated carbocycles. The standard InChI is InChI=1S/C17H18F3N3O4S/c18-17(19,20)14-7-11(10-21)8-15(23-14)27-13-4-1-3-12(9-13)16(24)22-5-2-6-28(25)26/h1,3-4,7-9H,2,5-6,10,21H2,(H,22,24)(H,25,26). The van der Waals surface area contributed by atoms with Gasteiger partial charge in [-0.2, -0.15) is 13.2 Å². The summed E-state index contributed by atoms with van der Waals surface area (Å²) < 4.78 is 63.5. The van der Waals surface area contributed by atoms with E-state index in [1.54, 1.807) is 0 Å². The molecule has 2 rings (SSSR count). The number of rotatable bonds is 8. The summed E-state index contributed by atoms with van der Waals surface area (Å²) in [6.45, 7) is 0.0777. The molecule has 0 aliphatic carbocycles. The Morgan fingerprint density at radius 1 is 1.29 bits per heavy atom. The smallest absolute Gasteiger partial charge is 0.433 e. The minimum atomic E-state index is -4.65. The molecule has 28 heavy (non-hydrogen) atoms. The summed E-state index contributed by atoms with van der Waals surface area (Å²) in [6, 6.07) is 7.95. The first-order chi connectivity index (χ1) is 13.2. The monoisotopic (exact) mass is 417 g/mol. The zero-order valence-corrected chi connectivity index (χ0v) is 15.3. The molecule has 0 spiro atoms. The van der Waals surface area contributed by atoms with E-state index >= 15 is 0 Å². The van der Waals surface area contributed by atoms with Gasteiger partial charge in [0.05, 0.1) is 5.75 Å². The van der Waals surface area contributed by atoms with Crippen molar-refractivity contribution in [1.29, 1.82) is 0 Å². The van der Waals surface area contributed by atoms with Crippen molar-refractivity contribution in [2.45, 2.75) is 19.1 Å². The van der Waals surface area contributed by atoms with E-state index in [4.69, 9.17) is 15.0 Å². The van der Waals surface area contributed by atoms with Crippen molar-refractivity contribution in [2.75, 3.05) is 12.3 Å². The average Bonchev–Trinajstić information content (AvgIpc) is 2.64. The third-order valence-electron chi connectivity index (χ3n) is 3.49. The third-order valence-corrected chi connectivity index (χ3v) is 4.13. The number of hydrogen-bond acceptors (Lipinski definition) is 5. The minimum Gasteiger partial charge on any atom is -0.439 e. The van der Waals surface area contributed by atoms with Crippen LogP contribution in [-0.4, -0.2) is 32.0 Å². The Kier molecular flexibility index (Phi) is 7.49. The first kappa shape index (κ1) is 21.8. The van der Waals surface area contributed by atoms with Gasteiger partial charge in [-0.15, -0.1) is 0 Å². The van der Waals surface area contributed by atoms with Crippen molar-refractivity contribution < 1.29 is 31.5 Å². The van der Waals surface area contributed by atoms with Gasteiger partial charge in [-0.3, -0.25) is 4.79 Å². The number of nitrogens with one attached hydrogen (secondary N) is 1. The predicted molar refractivity (Wildman–Crippen MR) is 96.2 cm³/mol. The lowest BCUT2D eigenvalue weighted by atomic mass is 10.2. The first-order valence-corrected chi connectivity index (χ1v) is 9.38. The second kappa shape index (κ2) is 9.62. The number of benzene rings is 1. The Labute approximate surface area is 161 Å². The molecule has 152 valence electrons. The molecule has 0 bridgehead atoms. The van der Waals surface area contributed by atoms with Crippen LogP contribution >= 0.6 is 0 Å². The van der Waals surface area contributed by atoms with Crippen LogP contribution in [0.4, 0.5) is 13.2 Å². The number of hydrogen-bond donors (Lipinski definition) is 3. The fraction of sp³-hybridized carbons (Fsp3) is 0.294. The van der Waals surface area contributed by atoms with Crippen LogP contribution in [0.2, 0.25) is 0 Å². The van der Waals surface area contributed by atoms with Crippen molar-refractivity contribution in [3.05, 3.63) is 53.2 Å². The Morgan fingerprint density at radius 3 is 2.68 bits per heavy atom. The van der Waals surface area contributed by atoms with Gasteiger partial charge in [-0.05, 0) is 36.2 Å². The maximum Gasteiger partial charge on any atom is 0.433 e. The van der Waals surface area contributed by atoms with Gasteiger partial charge in [0.25, 0.3) is 5.91 Å². The van der Waals surface area contributed by atoms with Crippen LogP contribution in [0.1, 0.15) is 28.0 Å². The molecule has 7 nitrogen and oxygen atoms in total. The van der Waals surface area contributed by atoms with Gasteiger partial charge >= 0.3 is 6.18 Å². The normalized spacial score (nSPS) is 12.5. The van der Waals surface area contributed by atoms with E-state index in [2.05, 4.69) is 10.3 Å². The summed E-state index contributed by atoms with van der Waals surface area (Å²) in [5.41, 5.74) is 4.72. The van der Waals surface area contributed by atoms with E-state index in [1.165, 1.54) is 30.3 Å². The minimum absolute atomic E-state index is 0.0358. The van der Waals surface area contributed by atoms with Crippen molar-refractivity contribution >= 4 is 17.0 Å². The molecule has 0 radical (unpaired) electrons. The van der Waals surface area contributed by atoms with E-state index in [0.29, 0.717) is 6.42 Å². The number of halogens is 3. The van der Waals surface area contributed by atoms with Crippen LogP contribution < -0.4 is 15.8 Å². The molecule has 1 atom stereocenters. The molecule has 2 aromatic rings. The second-order valence-corrected chi connectivity index (χ2v) is 6.72. The zero-order chi connectivity index (χ0) is 20.7. The van der Waals surface area contributed by atoms with Gasteiger partial charge in [-0.1, -0.05) is 6.07 Å². The number of amides is 1. The Bertz CT molecular complexity index is 862. The molecule has 1 aromatic heterocycles. The highest BCUT2D eigenvalue weighted by Crippen LogP contribution is 2.31. The van der Waals surface area contributed by atoms with E-state index in [9.17, 15) is 22.2 Å². The highest BCUT2D eigenvalue weighted by atomic mass is 32.2. The quantitative estimate of drug-likeness (QED) is 0.449. The van der Waals surface area contributed by atoms with Crippen molar-refractivity contribution in [3.8, 4) is 11.6 Å². The summed E-state index contributed by atoms with van der Waals surface area (Å²) in [5, 5.41) is 2.57. The number of alkyl halides is 3. The summed E-state index contributed by atoms with van der Waals surface area (Å²) in [5.74, 6) is -0.584. The molecule has 1 amide bonds. The molecule has 1 heterocycles. The molecule has 0 aliphatic rings. The van der Waals surface area contributed by atoms with Crippen LogP contribution in [-0.2, 0) is 23.8 Å². The molecule has 4 N–H and O–H groups in total. The highest BCUT2D eigenvalue weighted by Gasteiger charge is 2.33. The maximum absolute atomic E-state index is 12.9. The summed E-state index contributed by atoms with van der Waals surface area (Å²) >= 11 is -1.93.